The maximum atomic E-state index is 12.6. The summed E-state index contributed by atoms with van der Waals surface area (Å²) in [6.07, 6.45) is 1.97. The minimum Gasteiger partial charge on any atom is -0.494 e. The summed E-state index contributed by atoms with van der Waals surface area (Å²) in [6, 6.07) is 15.0. The molecular weight excluding hydrogens is 356 g/mol. The van der Waals surface area contributed by atoms with E-state index in [-0.39, 0.29) is 11.8 Å². The van der Waals surface area contributed by atoms with Crippen molar-refractivity contribution in [2.45, 2.75) is 45.1 Å². The minimum atomic E-state index is -0.753. The second-order valence-electron chi connectivity index (χ2n) is 6.79. The topological polar surface area (TPSA) is 76.7 Å². The predicted molar refractivity (Wildman–Crippen MR) is 106 cm³/mol. The first-order chi connectivity index (χ1) is 13.6. The third kappa shape index (κ3) is 4.82. The van der Waals surface area contributed by atoms with Crippen LogP contribution in [0, 0.1) is 0 Å². The highest BCUT2D eigenvalue weighted by molar-refractivity contribution is 5.88. The van der Waals surface area contributed by atoms with Gasteiger partial charge in [-0.25, -0.2) is 0 Å². The van der Waals surface area contributed by atoms with Crippen molar-refractivity contribution >= 4 is 11.8 Å². The molecule has 0 saturated heterocycles. The third-order valence-corrected chi connectivity index (χ3v) is 4.81. The Bertz CT molecular complexity index is 820. The van der Waals surface area contributed by atoms with E-state index in [0.29, 0.717) is 12.4 Å². The molecule has 6 heteroatoms. The number of hydrazine groups is 1. The molecule has 148 valence electrons. The fraction of sp³-hybridized carbons (Fsp3) is 0.364. The van der Waals surface area contributed by atoms with Crippen molar-refractivity contribution in [1.29, 1.82) is 0 Å². The lowest BCUT2D eigenvalue weighted by Gasteiger charge is -2.25. The van der Waals surface area contributed by atoms with Gasteiger partial charge in [-0.05, 0) is 68.5 Å². The predicted octanol–water partition coefficient (Wildman–Crippen LogP) is 3.12. The zero-order chi connectivity index (χ0) is 19.9. The van der Waals surface area contributed by atoms with Gasteiger partial charge in [0.05, 0.1) is 12.5 Å². The largest absolute Gasteiger partial charge is 0.494 e. The molecular formula is C22H26N2O4. The van der Waals surface area contributed by atoms with Crippen LogP contribution in [-0.2, 0) is 16.0 Å². The number of ether oxygens (including phenoxy) is 2. The average Bonchev–Trinajstić information content (AvgIpc) is 2.73. The Morgan fingerprint density at radius 1 is 1.07 bits per heavy atom. The summed E-state index contributed by atoms with van der Waals surface area (Å²) in [5.41, 5.74) is 7.26. The van der Waals surface area contributed by atoms with Crippen molar-refractivity contribution in [2.24, 2.45) is 0 Å². The van der Waals surface area contributed by atoms with Crippen molar-refractivity contribution in [3.63, 3.8) is 0 Å². The monoisotopic (exact) mass is 382 g/mol. The Hall–Kier alpha value is -3.02. The molecule has 2 atom stereocenters. The van der Waals surface area contributed by atoms with Crippen LogP contribution in [0.4, 0.5) is 0 Å². The van der Waals surface area contributed by atoms with Gasteiger partial charge in [0.2, 0.25) is 5.91 Å². The van der Waals surface area contributed by atoms with Crippen LogP contribution in [0.25, 0.3) is 0 Å². The second-order valence-corrected chi connectivity index (χ2v) is 6.79. The number of aryl methyl sites for hydroxylation is 1. The highest BCUT2D eigenvalue weighted by Crippen LogP contribution is 2.31. The van der Waals surface area contributed by atoms with Crippen LogP contribution in [-0.4, -0.2) is 24.5 Å². The summed E-state index contributed by atoms with van der Waals surface area (Å²) in [5.74, 6) is 0.443. The number of nitrogens with one attached hydrogen (secondary N) is 2. The molecule has 28 heavy (non-hydrogen) atoms. The number of amides is 2. The van der Waals surface area contributed by atoms with Crippen molar-refractivity contribution < 1.29 is 19.1 Å². The molecule has 2 aromatic rings. The molecule has 0 fully saturated rings. The normalized spacial score (nSPS) is 16.4. The van der Waals surface area contributed by atoms with E-state index in [1.54, 1.807) is 31.2 Å². The van der Waals surface area contributed by atoms with Crippen LogP contribution in [0.15, 0.2) is 48.5 Å². The first kappa shape index (κ1) is 19.7. The van der Waals surface area contributed by atoms with Crippen molar-refractivity contribution in [3.8, 4) is 11.5 Å². The molecule has 2 N–H and O–H groups in total. The van der Waals surface area contributed by atoms with Gasteiger partial charge in [-0.2, -0.15) is 0 Å². The van der Waals surface area contributed by atoms with Gasteiger partial charge in [0.25, 0.3) is 5.91 Å². The summed E-state index contributed by atoms with van der Waals surface area (Å²) in [4.78, 5) is 24.8. The van der Waals surface area contributed by atoms with Gasteiger partial charge in [0.15, 0.2) is 6.10 Å². The van der Waals surface area contributed by atoms with E-state index < -0.39 is 12.0 Å². The third-order valence-electron chi connectivity index (χ3n) is 4.81. The van der Waals surface area contributed by atoms with Gasteiger partial charge in [-0.1, -0.05) is 24.3 Å². The molecule has 2 unspecified atom stereocenters. The molecule has 0 spiro atoms. The van der Waals surface area contributed by atoms with Crippen molar-refractivity contribution in [2.75, 3.05) is 6.61 Å². The molecule has 2 amide bonds. The van der Waals surface area contributed by atoms with Crippen molar-refractivity contribution in [3.05, 3.63) is 59.7 Å². The van der Waals surface area contributed by atoms with Gasteiger partial charge in [-0.15, -0.1) is 0 Å². The average molecular weight is 382 g/mol. The fourth-order valence-electron chi connectivity index (χ4n) is 3.38. The first-order valence-electron chi connectivity index (χ1n) is 9.65. The van der Waals surface area contributed by atoms with E-state index in [9.17, 15) is 9.59 Å². The smallest absolute Gasteiger partial charge is 0.279 e. The fourth-order valence-corrected chi connectivity index (χ4v) is 3.38. The number of benzene rings is 2. The van der Waals surface area contributed by atoms with Crippen LogP contribution in [0.3, 0.4) is 0 Å². The number of carbonyl (C=O) groups is 2. The standard InChI is InChI=1S/C22H26N2O4/c1-3-27-17-11-13-18(14-12-17)28-15(2)21(25)23-24-22(26)20-10-6-8-16-7-4-5-9-19(16)20/h4-5,7,9,11-15,20H,3,6,8,10H2,1-2H3,(H,23,25)(H,24,26). The summed E-state index contributed by atoms with van der Waals surface area (Å²) >= 11 is 0. The number of carbonyl (C=O) groups excluding carboxylic acids is 2. The van der Waals surface area contributed by atoms with Crippen LogP contribution in [0.1, 0.15) is 43.7 Å². The number of hydrogen-bond donors (Lipinski definition) is 2. The molecule has 0 aliphatic heterocycles. The maximum absolute atomic E-state index is 12.6. The Morgan fingerprint density at radius 3 is 2.54 bits per heavy atom. The number of rotatable bonds is 6. The van der Waals surface area contributed by atoms with E-state index in [1.807, 2.05) is 25.1 Å². The SMILES string of the molecule is CCOc1ccc(OC(C)C(=O)NNC(=O)C2CCCc3ccccc32)cc1. The van der Waals surface area contributed by atoms with E-state index >= 15 is 0 Å². The summed E-state index contributed by atoms with van der Waals surface area (Å²) < 4.78 is 11.0. The molecule has 2 aromatic carbocycles. The van der Waals surface area contributed by atoms with Gasteiger partial charge in [-0.3, -0.25) is 20.4 Å². The molecule has 3 rings (SSSR count). The van der Waals surface area contributed by atoms with Crippen molar-refractivity contribution in [1.82, 2.24) is 10.9 Å². The Morgan fingerprint density at radius 2 is 1.79 bits per heavy atom. The van der Waals surface area contributed by atoms with Gasteiger partial charge >= 0.3 is 0 Å². The van der Waals surface area contributed by atoms with Crippen LogP contribution in [0.2, 0.25) is 0 Å². The Labute approximate surface area is 165 Å². The van der Waals surface area contributed by atoms with Crippen LogP contribution < -0.4 is 20.3 Å². The highest BCUT2D eigenvalue weighted by Gasteiger charge is 2.27. The van der Waals surface area contributed by atoms with Gasteiger partial charge in [0, 0.05) is 0 Å². The Balaban J connectivity index is 1.51. The zero-order valence-electron chi connectivity index (χ0n) is 16.2. The lowest BCUT2D eigenvalue weighted by atomic mass is 9.82. The van der Waals surface area contributed by atoms with E-state index in [2.05, 4.69) is 16.9 Å². The van der Waals surface area contributed by atoms with E-state index in [0.717, 1.165) is 30.6 Å². The van der Waals surface area contributed by atoms with E-state index in [1.165, 1.54) is 5.56 Å². The second kappa shape index (κ2) is 9.26. The minimum absolute atomic E-state index is 0.200. The summed E-state index contributed by atoms with van der Waals surface area (Å²) in [6.45, 7) is 4.13. The van der Waals surface area contributed by atoms with Crippen LogP contribution >= 0.6 is 0 Å². The molecule has 0 saturated carbocycles. The van der Waals surface area contributed by atoms with Gasteiger partial charge in [0.1, 0.15) is 11.5 Å². The molecule has 1 aliphatic carbocycles. The molecule has 0 heterocycles. The molecule has 0 radical (unpaired) electrons. The molecule has 0 aromatic heterocycles. The number of fused-ring (bicyclic) bond motifs is 1. The molecule has 6 nitrogen and oxygen atoms in total. The van der Waals surface area contributed by atoms with Crippen LogP contribution in [0.5, 0.6) is 11.5 Å². The zero-order valence-corrected chi connectivity index (χ0v) is 16.2. The van der Waals surface area contributed by atoms with E-state index in [4.69, 9.17) is 9.47 Å². The summed E-state index contributed by atoms with van der Waals surface area (Å²) in [7, 11) is 0. The lowest BCUT2D eigenvalue weighted by molar-refractivity contribution is -0.133. The lowest BCUT2D eigenvalue weighted by Crippen LogP contribution is -2.48. The molecule has 1 aliphatic rings. The van der Waals surface area contributed by atoms with Gasteiger partial charge < -0.3 is 9.47 Å². The summed E-state index contributed by atoms with van der Waals surface area (Å²) in [5, 5.41) is 0. The maximum Gasteiger partial charge on any atom is 0.279 e. The number of hydrogen-bond acceptors (Lipinski definition) is 4. The quantitative estimate of drug-likeness (QED) is 0.753. The first-order valence-corrected chi connectivity index (χ1v) is 9.65. The highest BCUT2D eigenvalue weighted by atomic mass is 16.5. The Kier molecular flexibility index (Phi) is 6.53. The molecule has 0 bridgehead atoms.